The summed E-state index contributed by atoms with van der Waals surface area (Å²) < 4.78 is 37.0. The van der Waals surface area contributed by atoms with Crippen LogP contribution in [0.15, 0.2) is 24.3 Å². The number of alkyl halides is 2. The molecule has 0 aromatic heterocycles. The highest BCUT2D eigenvalue weighted by Gasteiger charge is 2.35. The first kappa shape index (κ1) is 19.1. The number of hydrogen-bond acceptors (Lipinski definition) is 2. The topological polar surface area (TPSA) is 34.1 Å². The Morgan fingerprint density at radius 1 is 1.05 bits per heavy atom. The Morgan fingerprint density at radius 2 is 1.52 bits per heavy atom. The van der Waals surface area contributed by atoms with E-state index in [9.17, 15) is 12.8 Å². The van der Waals surface area contributed by atoms with Crippen LogP contribution in [0.3, 0.4) is 0 Å². The minimum atomic E-state index is -3.18. The van der Waals surface area contributed by atoms with Crippen molar-refractivity contribution in [3.63, 3.8) is 0 Å². The smallest absolute Gasteiger partial charge is 0.155 e. The Bertz CT molecular complexity index is 558. The summed E-state index contributed by atoms with van der Waals surface area (Å²) in [4.78, 5) is 0. The lowest BCUT2D eigenvalue weighted by molar-refractivity contribution is 0.510. The van der Waals surface area contributed by atoms with E-state index in [1.54, 1.807) is 32.9 Å². The van der Waals surface area contributed by atoms with Crippen molar-refractivity contribution in [2.45, 2.75) is 37.4 Å². The number of halogens is 3. The summed E-state index contributed by atoms with van der Waals surface area (Å²) in [7, 11) is -3.18. The molecule has 0 unspecified atom stereocenters. The second-order valence-electron chi connectivity index (χ2n) is 6.24. The van der Waals surface area contributed by atoms with Crippen LogP contribution in [0.1, 0.15) is 32.8 Å². The van der Waals surface area contributed by atoms with Crippen LogP contribution in [0.25, 0.3) is 0 Å². The van der Waals surface area contributed by atoms with E-state index in [0.717, 1.165) is 5.56 Å². The molecule has 0 spiro atoms. The molecule has 0 atom stereocenters. The zero-order valence-electron chi connectivity index (χ0n) is 12.5. The molecule has 6 heteroatoms. The summed E-state index contributed by atoms with van der Waals surface area (Å²) in [5.41, 5.74) is 0.563. The number of hydrogen-bond donors (Lipinski definition) is 0. The molecule has 1 aromatic rings. The zero-order chi connectivity index (χ0) is 16.3. The summed E-state index contributed by atoms with van der Waals surface area (Å²) in [6.07, 6.45) is 0.481. The van der Waals surface area contributed by atoms with Crippen LogP contribution in [0.2, 0.25) is 0 Å². The highest BCUT2D eigenvalue weighted by Crippen LogP contribution is 2.34. The Balaban J connectivity index is 3.05. The van der Waals surface area contributed by atoms with Crippen molar-refractivity contribution in [1.29, 1.82) is 0 Å². The summed E-state index contributed by atoms with van der Waals surface area (Å²) >= 11 is 6.98. The van der Waals surface area contributed by atoms with Gasteiger partial charge in [-0.1, -0.05) is 44.0 Å². The molecule has 0 bridgehead atoms. The lowest BCUT2D eigenvalue weighted by Crippen LogP contribution is -2.37. The Labute approximate surface area is 143 Å². The van der Waals surface area contributed by atoms with Gasteiger partial charge in [0.15, 0.2) is 9.84 Å². The largest absolute Gasteiger partial charge is 0.228 e. The van der Waals surface area contributed by atoms with Gasteiger partial charge in [-0.25, -0.2) is 12.8 Å². The van der Waals surface area contributed by atoms with Crippen LogP contribution < -0.4 is 0 Å². The van der Waals surface area contributed by atoms with Crippen molar-refractivity contribution in [3.8, 4) is 0 Å². The summed E-state index contributed by atoms with van der Waals surface area (Å²) in [5.74, 6) is -0.190. The minimum Gasteiger partial charge on any atom is -0.228 e. The Hall–Kier alpha value is 0.0600. The SMILES string of the molecule is CC(C)(C)S(=O)(=O)CCC(CBr)(CBr)c1ccc(F)cc1. The van der Waals surface area contributed by atoms with Crippen LogP contribution >= 0.6 is 31.9 Å². The molecule has 0 saturated carbocycles. The van der Waals surface area contributed by atoms with Gasteiger partial charge in [0.2, 0.25) is 0 Å². The quantitative estimate of drug-likeness (QED) is 0.608. The molecule has 2 nitrogen and oxygen atoms in total. The molecule has 1 aromatic carbocycles. The van der Waals surface area contributed by atoms with Gasteiger partial charge in [-0.15, -0.1) is 0 Å². The molecule has 0 heterocycles. The molecule has 0 saturated heterocycles. The van der Waals surface area contributed by atoms with E-state index in [2.05, 4.69) is 31.9 Å². The molecule has 0 N–H and O–H groups in total. The number of benzene rings is 1. The lowest BCUT2D eigenvalue weighted by Gasteiger charge is -2.32. The van der Waals surface area contributed by atoms with Gasteiger partial charge in [0.1, 0.15) is 5.82 Å². The highest BCUT2D eigenvalue weighted by molar-refractivity contribution is 9.09. The van der Waals surface area contributed by atoms with E-state index in [4.69, 9.17) is 0 Å². The molecule has 1 rings (SSSR count). The molecule has 0 fully saturated rings. The summed E-state index contributed by atoms with van der Waals surface area (Å²) in [6, 6.07) is 6.27. The standard InChI is InChI=1S/C15H21Br2FO2S/c1-14(2,3)21(19,20)9-8-15(10-16,11-17)12-4-6-13(18)7-5-12/h4-7H,8-11H2,1-3H3. The number of rotatable bonds is 6. The molecule has 0 radical (unpaired) electrons. The number of sulfone groups is 1. The fourth-order valence-corrected chi connectivity index (χ4v) is 5.32. The molecule has 21 heavy (non-hydrogen) atoms. The fourth-order valence-electron chi connectivity index (χ4n) is 1.91. The van der Waals surface area contributed by atoms with Crippen molar-refractivity contribution < 1.29 is 12.8 Å². The predicted molar refractivity (Wildman–Crippen MR) is 93.8 cm³/mol. The van der Waals surface area contributed by atoms with E-state index >= 15 is 0 Å². The van der Waals surface area contributed by atoms with Gasteiger partial charge in [0.25, 0.3) is 0 Å². The summed E-state index contributed by atoms with van der Waals surface area (Å²) in [6.45, 7) is 5.14. The van der Waals surface area contributed by atoms with Crippen LogP contribution in [0.5, 0.6) is 0 Å². The van der Waals surface area contributed by atoms with E-state index in [1.165, 1.54) is 12.1 Å². The average Bonchev–Trinajstić information content (AvgIpc) is 2.41. The first-order valence-corrected chi connectivity index (χ1v) is 10.6. The molecular formula is C15H21Br2FO2S. The predicted octanol–water partition coefficient (Wildman–Crippen LogP) is 4.46. The summed E-state index contributed by atoms with van der Waals surface area (Å²) in [5, 5.41) is 1.22. The average molecular weight is 444 g/mol. The minimum absolute atomic E-state index is 0.102. The third kappa shape index (κ3) is 4.52. The third-order valence-electron chi connectivity index (χ3n) is 3.75. The van der Waals surface area contributed by atoms with E-state index in [0.29, 0.717) is 17.1 Å². The maximum absolute atomic E-state index is 13.1. The Kier molecular flexibility index (Phi) is 6.45. The van der Waals surface area contributed by atoms with Crippen molar-refractivity contribution >= 4 is 41.7 Å². The normalized spacial score (nSPS) is 13.4. The van der Waals surface area contributed by atoms with Crippen molar-refractivity contribution in [1.82, 2.24) is 0 Å². The van der Waals surface area contributed by atoms with Crippen LogP contribution in [-0.2, 0) is 15.3 Å². The second kappa shape index (κ2) is 7.09. The van der Waals surface area contributed by atoms with Gasteiger partial charge in [0.05, 0.1) is 10.5 Å². The molecule has 0 aliphatic heterocycles. The van der Waals surface area contributed by atoms with Gasteiger partial charge in [-0.2, -0.15) is 0 Å². The van der Waals surface area contributed by atoms with Gasteiger partial charge < -0.3 is 0 Å². The highest BCUT2D eigenvalue weighted by atomic mass is 79.9. The molecular weight excluding hydrogens is 423 g/mol. The van der Waals surface area contributed by atoms with Crippen LogP contribution in [-0.4, -0.2) is 29.6 Å². The zero-order valence-corrected chi connectivity index (χ0v) is 16.5. The molecule has 0 amide bonds. The fraction of sp³-hybridized carbons (Fsp3) is 0.600. The lowest BCUT2D eigenvalue weighted by atomic mass is 9.82. The monoisotopic (exact) mass is 442 g/mol. The third-order valence-corrected chi connectivity index (χ3v) is 8.50. The molecule has 0 aliphatic carbocycles. The van der Waals surface area contributed by atoms with Gasteiger partial charge >= 0.3 is 0 Å². The van der Waals surface area contributed by atoms with Gasteiger partial charge in [-0.05, 0) is 44.9 Å². The van der Waals surface area contributed by atoms with E-state index in [-0.39, 0.29) is 17.0 Å². The van der Waals surface area contributed by atoms with Crippen molar-refractivity contribution in [3.05, 3.63) is 35.6 Å². The second-order valence-corrected chi connectivity index (χ2v) is 10.2. The molecule has 120 valence electrons. The van der Waals surface area contributed by atoms with Crippen molar-refractivity contribution in [2.75, 3.05) is 16.4 Å². The van der Waals surface area contributed by atoms with Crippen molar-refractivity contribution in [2.24, 2.45) is 0 Å². The maximum Gasteiger partial charge on any atom is 0.155 e. The molecule has 0 aliphatic rings. The first-order chi connectivity index (χ1) is 9.58. The maximum atomic E-state index is 13.1. The van der Waals surface area contributed by atoms with E-state index in [1.807, 2.05) is 0 Å². The first-order valence-electron chi connectivity index (χ1n) is 6.68. The Morgan fingerprint density at radius 3 is 1.90 bits per heavy atom. The van der Waals surface area contributed by atoms with Gasteiger partial charge in [0, 0.05) is 16.1 Å². The van der Waals surface area contributed by atoms with Gasteiger partial charge in [-0.3, -0.25) is 0 Å². The van der Waals surface area contributed by atoms with Crippen LogP contribution in [0, 0.1) is 5.82 Å². The van der Waals surface area contributed by atoms with E-state index < -0.39 is 14.6 Å². The van der Waals surface area contributed by atoms with Crippen LogP contribution in [0.4, 0.5) is 4.39 Å².